The molecular weight excluding hydrogens is 174 g/mol. The molecule has 3 N–H and O–H groups in total. The second-order valence-electron chi connectivity index (χ2n) is 2.33. The van der Waals surface area contributed by atoms with Crippen molar-refractivity contribution in [1.82, 2.24) is 20.9 Å². The Morgan fingerprint density at radius 2 is 2.08 bits per heavy atom. The van der Waals surface area contributed by atoms with Gasteiger partial charge in [-0.15, -0.1) is 10.2 Å². The second kappa shape index (κ2) is 4.34. The fourth-order valence-corrected chi connectivity index (χ4v) is 1.50. The van der Waals surface area contributed by atoms with E-state index >= 15 is 0 Å². The summed E-state index contributed by atoms with van der Waals surface area (Å²) >= 11 is 1.53. The standard InChI is InChI=1S/C6H13N5S/c1-4(7-2)5-9-11-6(12-5)10-8-3/h4,7-8H,1-3H3,(H,10,11). The zero-order valence-electron chi connectivity index (χ0n) is 7.38. The van der Waals surface area contributed by atoms with Crippen LogP contribution in [0.15, 0.2) is 0 Å². The summed E-state index contributed by atoms with van der Waals surface area (Å²) in [4.78, 5) is 0. The van der Waals surface area contributed by atoms with E-state index in [2.05, 4.69) is 26.4 Å². The average molecular weight is 187 g/mol. The molecule has 1 unspecified atom stereocenters. The van der Waals surface area contributed by atoms with Gasteiger partial charge in [0.25, 0.3) is 0 Å². The smallest absolute Gasteiger partial charge is 0.219 e. The lowest BCUT2D eigenvalue weighted by atomic mass is 10.4. The Bertz CT molecular complexity index is 236. The van der Waals surface area contributed by atoms with Gasteiger partial charge in [0, 0.05) is 7.05 Å². The van der Waals surface area contributed by atoms with E-state index < -0.39 is 0 Å². The number of hydrogen-bond acceptors (Lipinski definition) is 6. The van der Waals surface area contributed by atoms with E-state index in [1.54, 1.807) is 7.05 Å². The molecule has 1 atom stereocenters. The van der Waals surface area contributed by atoms with E-state index in [-0.39, 0.29) is 6.04 Å². The highest BCUT2D eigenvalue weighted by atomic mass is 32.1. The largest absolute Gasteiger partial charge is 0.311 e. The maximum Gasteiger partial charge on any atom is 0.219 e. The van der Waals surface area contributed by atoms with Crippen molar-refractivity contribution < 1.29 is 0 Å². The summed E-state index contributed by atoms with van der Waals surface area (Å²) in [6.07, 6.45) is 0. The van der Waals surface area contributed by atoms with Crippen LogP contribution >= 0.6 is 11.3 Å². The minimum absolute atomic E-state index is 0.259. The van der Waals surface area contributed by atoms with Crippen LogP contribution in [-0.4, -0.2) is 24.3 Å². The van der Waals surface area contributed by atoms with Gasteiger partial charge >= 0.3 is 0 Å². The molecule has 0 aliphatic carbocycles. The van der Waals surface area contributed by atoms with Crippen molar-refractivity contribution in [3.8, 4) is 0 Å². The van der Waals surface area contributed by atoms with Crippen molar-refractivity contribution in [2.24, 2.45) is 0 Å². The quantitative estimate of drug-likeness (QED) is 0.594. The van der Waals surface area contributed by atoms with Gasteiger partial charge < -0.3 is 5.32 Å². The molecule has 0 fully saturated rings. The predicted octanol–water partition coefficient (Wildman–Crippen LogP) is 0.365. The number of hydrazine groups is 1. The van der Waals surface area contributed by atoms with E-state index in [9.17, 15) is 0 Å². The molecule has 68 valence electrons. The maximum atomic E-state index is 4.01. The highest BCUT2D eigenvalue weighted by Crippen LogP contribution is 2.19. The number of nitrogens with one attached hydrogen (secondary N) is 3. The van der Waals surface area contributed by atoms with E-state index in [1.807, 2.05) is 14.0 Å². The number of hydrogen-bond donors (Lipinski definition) is 3. The van der Waals surface area contributed by atoms with Gasteiger partial charge in [-0.2, -0.15) is 0 Å². The third kappa shape index (κ3) is 2.13. The molecule has 12 heavy (non-hydrogen) atoms. The Morgan fingerprint density at radius 3 is 2.67 bits per heavy atom. The SMILES string of the molecule is CNNc1nnc(C(C)NC)s1. The lowest BCUT2D eigenvalue weighted by Crippen LogP contribution is -2.14. The van der Waals surface area contributed by atoms with Gasteiger partial charge in [0.2, 0.25) is 5.13 Å². The van der Waals surface area contributed by atoms with Crippen LogP contribution in [0.5, 0.6) is 0 Å². The number of rotatable bonds is 4. The molecule has 0 amide bonds. The predicted molar refractivity (Wildman–Crippen MR) is 50.1 cm³/mol. The summed E-state index contributed by atoms with van der Waals surface area (Å²) in [5, 5.41) is 12.8. The summed E-state index contributed by atoms with van der Waals surface area (Å²) in [5.41, 5.74) is 5.67. The van der Waals surface area contributed by atoms with E-state index in [0.29, 0.717) is 0 Å². The Kier molecular flexibility index (Phi) is 3.39. The highest BCUT2D eigenvalue weighted by molar-refractivity contribution is 7.15. The molecule has 1 aromatic rings. The van der Waals surface area contributed by atoms with Crippen LogP contribution in [0.4, 0.5) is 5.13 Å². The molecule has 5 nitrogen and oxygen atoms in total. The molecule has 0 radical (unpaired) electrons. The molecule has 1 aromatic heterocycles. The molecule has 0 aliphatic heterocycles. The maximum absolute atomic E-state index is 4.01. The van der Waals surface area contributed by atoms with Crippen LogP contribution in [0.1, 0.15) is 18.0 Å². The normalized spacial score (nSPS) is 12.9. The number of anilines is 1. The lowest BCUT2D eigenvalue weighted by Gasteiger charge is -2.02. The van der Waals surface area contributed by atoms with E-state index in [4.69, 9.17) is 0 Å². The second-order valence-corrected chi connectivity index (χ2v) is 3.34. The summed E-state index contributed by atoms with van der Waals surface area (Å²) < 4.78 is 0. The van der Waals surface area contributed by atoms with Gasteiger partial charge in [-0.1, -0.05) is 11.3 Å². The van der Waals surface area contributed by atoms with Gasteiger partial charge in [-0.05, 0) is 14.0 Å². The van der Waals surface area contributed by atoms with Crippen molar-refractivity contribution in [3.63, 3.8) is 0 Å². The minimum Gasteiger partial charge on any atom is -0.311 e. The van der Waals surface area contributed by atoms with Crippen LogP contribution in [0, 0.1) is 0 Å². The lowest BCUT2D eigenvalue weighted by molar-refractivity contribution is 0.640. The molecule has 6 heteroatoms. The Balaban J connectivity index is 2.63. The minimum atomic E-state index is 0.259. The summed E-state index contributed by atoms with van der Waals surface area (Å²) in [7, 11) is 3.69. The first-order valence-corrected chi connectivity index (χ1v) is 4.53. The topological polar surface area (TPSA) is 61.9 Å². The molecule has 1 heterocycles. The fourth-order valence-electron chi connectivity index (χ4n) is 0.690. The van der Waals surface area contributed by atoms with E-state index in [0.717, 1.165) is 10.1 Å². The summed E-state index contributed by atoms with van der Waals surface area (Å²) in [6, 6.07) is 0.259. The first-order valence-electron chi connectivity index (χ1n) is 3.71. The zero-order valence-corrected chi connectivity index (χ0v) is 8.20. The first kappa shape index (κ1) is 9.37. The number of aromatic nitrogens is 2. The monoisotopic (exact) mass is 187 g/mol. The molecule has 0 bridgehead atoms. The van der Waals surface area contributed by atoms with Crippen molar-refractivity contribution in [2.45, 2.75) is 13.0 Å². The first-order chi connectivity index (χ1) is 5.77. The third-order valence-electron chi connectivity index (χ3n) is 1.48. The molecule has 1 rings (SSSR count). The molecule has 0 aliphatic rings. The van der Waals surface area contributed by atoms with Crippen molar-refractivity contribution >= 4 is 16.5 Å². The van der Waals surface area contributed by atoms with Crippen LogP contribution in [0.2, 0.25) is 0 Å². The summed E-state index contributed by atoms with van der Waals surface area (Å²) in [6.45, 7) is 2.05. The Hall–Kier alpha value is -0.720. The van der Waals surface area contributed by atoms with Crippen LogP contribution in [-0.2, 0) is 0 Å². The fraction of sp³-hybridized carbons (Fsp3) is 0.667. The van der Waals surface area contributed by atoms with Crippen molar-refractivity contribution in [3.05, 3.63) is 5.01 Å². The number of nitrogens with zero attached hydrogens (tertiary/aromatic N) is 2. The summed E-state index contributed by atoms with van der Waals surface area (Å²) in [5.74, 6) is 0. The zero-order chi connectivity index (χ0) is 8.97. The average Bonchev–Trinajstić information content (AvgIpc) is 2.52. The third-order valence-corrected chi connectivity index (χ3v) is 2.50. The van der Waals surface area contributed by atoms with Crippen molar-refractivity contribution in [1.29, 1.82) is 0 Å². The van der Waals surface area contributed by atoms with Gasteiger partial charge in [0.05, 0.1) is 6.04 Å². The van der Waals surface area contributed by atoms with Crippen molar-refractivity contribution in [2.75, 3.05) is 19.5 Å². The van der Waals surface area contributed by atoms with Gasteiger partial charge in [-0.25, -0.2) is 5.43 Å². The Labute approximate surface area is 75.6 Å². The molecule has 0 saturated heterocycles. The molecule has 0 saturated carbocycles. The van der Waals surface area contributed by atoms with Gasteiger partial charge in [-0.3, -0.25) is 5.43 Å². The van der Waals surface area contributed by atoms with Gasteiger partial charge in [0.15, 0.2) is 0 Å². The van der Waals surface area contributed by atoms with E-state index in [1.165, 1.54) is 11.3 Å². The van der Waals surface area contributed by atoms with Crippen LogP contribution < -0.4 is 16.2 Å². The molecule has 0 spiro atoms. The molecular formula is C6H13N5S. The van der Waals surface area contributed by atoms with Gasteiger partial charge in [0.1, 0.15) is 5.01 Å². The Morgan fingerprint density at radius 1 is 1.33 bits per heavy atom. The highest BCUT2D eigenvalue weighted by Gasteiger charge is 2.08. The van der Waals surface area contributed by atoms with Crippen LogP contribution in [0.3, 0.4) is 0 Å². The molecule has 0 aromatic carbocycles. The van der Waals surface area contributed by atoms with Crippen LogP contribution in [0.25, 0.3) is 0 Å².